The number of halogens is 6. The molecule has 3 aliphatic rings. The molecule has 38 heavy (non-hydrogen) atoms. The quantitative estimate of drug-likeness (QED) is 0.344. The highest BCUT2D eigenvalue weighted by Crippen LogP contribution is 2.62. The second kappa shape index (κ2) is 8.26. The van der Waals surface area contributed by atoms with Crippen molar-refractivity contribution < 1.29 is 44.3 Å². The number of imidazole rings is 1. The number of carbonyl (C=O) groups excluding carboxylic acids is 1. The van der Waals surface area contributed by atoms with E-state index in [0.29, 0.717) is 12.8 Å². The van der Waals surface area contributed by atoms with Crippen LogP contribution < -0.4 is 10.5 Å². The summed E-state index contributed by atoms with van der Waals surface area (Å²) < 4.78 is 111. The van der Waals surface area contributed by atoms with Gasteiger partial charge < -0.3 is 10.5 Å². The molecule has 0 amide bonds. The zero-order chi connectivity index (χ0) is 27.7. The van der Waals surface area contributed by atoms with E-state index < -0.39 is 57.7 Å². The van der Waals surface area contributed by atoms with Gasteiger partial charge in [0.1, 0.15) is 0 Å². The number of nitrogens with two attached hydrogens (primary N) is 1. The summed E-state index contributed by atoms with van der Waals surface area (Å²) in [5.74, 6) is -4.65. The zero-order valence-electron chi connectivity index (χ0n) is 19.1. The van der Waals surface area contributed by atoms with E-state index in [-0.39, 0.29) is 34.8 Å². The summed E-state index contributed by atoms with van der Waals surface area (Å²) in [5.41, 5.74) is 4.34. The molecule has 2 aromatic heterocycles. The van der Waals surface area contributed by atoms with Gasteiger partial charge in [-0.15, -0.1) is 0 Å². The summed E-state index contributed by atoms with van der Waals surface area (Å²) in [6.07, 6.45) is -7.55. The molecule has 0 radical (unpaired) electrons. The number of nitrogens with one attached hydrogen (secondary N) is 1. The van der Waals surface area contributed by atoms with Gasteiger partial charge >= 0.3 is 18.3 Å². The molecule has 10 nitrogen and oxygen atoms in total. The first-order valence-electron chi connectivity index (χ1n) is 11.0. The molecule has 3 fully saturated rings. The van der Waals surface area contributed by atoms with Gasteiger partial charge in [-0.2, -0.15) is 36.3 Å². The number of rotatable bonds is 6. The second-order valence-electron chi connectivity index (χ2n) is 9.54. The number of hydrogen-bond acceptors (Lipinski definition) is 8. The number of sulfonamides is 1. The van der Waals surface area contributed by atoms with E-state index in [1.807, 2.05) is 0 Å². The number of hydrogen-bond donors (Lipinski definition) is 2. The summed E-state index contributed by atoms with van der Waals surface area (Å²) >= 11 is 0. The fraction of sp³-hybridized carbons (Fsp3) is 0.429. The van der Waals surface area contributed by atoms with Crippen LogP contribution in [0.3, 0.4) is 0 Å². The van der Waals surface area contributed by atoms with E-state index in [9.17, 15) is 39.6 Å². The number of esters is 1. The standard InChI is InChI=1S/C21H18F6N6O4S/c22-20(23,24)14-30-16(28)33-7-13(29-17(33)31-14)11-2-1-3-12(6-11)38(35,36)32-19-5-4-18(8-19,9-19)10-37-15(34)21(25,26)27/h1-3,6-7,32H,4-5,8-10H2,(H2,28,29,30,31). The van der Waals surface area contributed by atoms with Gasteiger partial charge in [0, 0.05) is 22.7 Å². The van der Waals surface area contributed by atoms with Crippen LogP contribution in [0.4, 0.5) is 32.3 Å². The van der Waals surface area contributed by atoms with Crippen LogP contribution in [0, 0.1) is 5.41 Å². The number of nitrogen functional groups attached to an aromatic ring is 1. The van der Waals surface area contributed by atoms with E-state index >= 15 is 0 Å². The number of carbonyl (C=O) groups is 1. The molecule has 1 aromatic carbocycles. The van der Waals surface area contributed by atoms with Crippen LogP contribution in [0.5, 0.6) is 0 Å². The maximum absolute atomic E-state index is 13.1. The fourth-order valence-electron chi connectivity index (χ4n) is 5.17. The minimum absolute atomic E-state index is 0.0931. The molecule has 0 aliphatic heterocycles. The first-order chi connectivity index (χ1) is 17.5. The number of anilines is 1. The Balaban J connectivity index is 1.33. The highest BCUT2D eigenvalue weighted by atomic mass is 32.2. The Hall–Kier alpha value is -3.47. The average molecular weight is 564 g/mol. The number of fused-ring (bicyclic) bond motifs is 2. The molecule has 0 atom stereocenters. The lowest BCUT2D eigenvalue weighted by Crippen LogP contribution is -2.56. The molecular formula is C21H18F6N6O4S. The average Bonchev–Trinajstić information content (AvgIpc) is 3.47. The maximum atomic E-state index is 13.1. The number of aromatic nitrogens is 4. The Morgan fingerprint density at radius 1 is 1.11 bits per heavy atom. The van der Waals surface area contributed by atoms with Crippen molar-refractivity contribution in [2.24, 2.45) is 5.41 Å². The highest BCUT2D eigenvalue weighted by Gasteiger charge is 2.63. The normalized spacial score (nSPS) is 23.4. The molecule has 0 unspecified atom stereocenters. The Morgan fingerprint density at radius 3 is 2.47 bits per heavy atom. The summed E-state index contributed by atoms with van der Waals surface area (Å²) in [4.78, 5) is 21.5. The topological polar surface area (TPSA) is 142 Å². The van der Waals surface area contributed by atoms with Gasteiger partial charge in [-0.3, -0.25) is 4.40 Å². The van der Waals surface area contributed by atoms with Gasteiger partial charge in [0.15, 0.2) is 0 Å². The van der Waals surface area contributed by atoms with Crippen LogP contribution in [0.1, 0.15) is 31.5 Å². The summed E-state index contributed by atoms with van der Waals surface area (Å²) in [6, 6.07) is 5.48. The van der Waals surface area contributed by atoms with E-state index in [2.05, 4.69) is 24.4 Å². The minimum Gasteiger partial charge on any atom is -0.458 e. The highest BCUT2D eigenvalue weighted by molar-refractivity contribution is 7.89. The third kappa shape index (κ3) is 4.63. The van der Waals surface area contributed by atoms with Crippen LogP contribution in [0.2, 0.25) is 0 Å². The number of ether oxygens (including phenoxy) is 1. The van der Waals surface area contributed by atoms with Crippen LogP contribution in [-0.2, 0) is 25.7 Å². The van der Waals surface area contributed by atoms with Gasteiger partial charge in [0.25, 0.3) is 0 Å². The van der Waals surface area contributed by atoms with E-state index in [1.54, 1.807) is 0 Å². The monoisotopic (exact) mass is 564 g/mol. The zero-order valence-corrected chi connectivity index (χ0v) is 19.9. The van der Waals surface area contributed by atoms with Gasteiger partial charge in [0.2, 0.25) is 27.6 Å². The third-order valence-corrected chi connectivity index (χ3v) is 8.28. The lowest BCUT2D eigenvalue weighted by molar-refractivity contribution is -0.204. The Labute approximate surface area is 210 Å². The van der Waals surface area contributed by atoms with Crippen molar-refractivity contribution in [3.8, 4) is 11.3 Å². The van der Waals surface area contributed by atoms with E-state index in [4.69, 9.17) is 5.73 Å². The predicted octanol–water partition coefficient (Wildman–Crippen LogP) is 3.09. The van der Waals surface area contributed by atoms with E-state index in [0.717, 1.165) is 4.40 Å². The molecule has 3 N–H and O–H groups in total. The number of benzene rings is 1. The molecule has 2 bridgehead atoms. The number of alkyl halides is 6. The Kier molecular flexibility index (Phi) is 5.69. The van der Waals surface area contributed by atoms with Gasteiger partial charge in [-0.05, 0) is 37.8 Å². The SMILES string of the molecule is Nc1nc(C(F)(F)F)nc2nc(-c3cccc(S(=O)(=O)NC45CCC(COC(=O)C(F)(F)F)(C4)C5)c3)cn12. The van der Waals surface area contributed by atoms with Crippen molar-refractivity contribution in [2.75, 3.05) is 12.3 Å². The fourth-order valence-corrected chi connectivity index (χ4v) is 6.65. The smallest absolute Gasteiger partial charge is 0.458 e. The van der Waals surface area contributed by atoms with Crippen LogP contribution in [0.15, 0.2) is 35.4 Å². The minimum atomic E-state index is -5.11. The molecule has 0 spiro atoms. The lowest BCUT2D eigenvalue weighted by Gasteiger charge is -2.47. The molecule has 3 aliphatic carbocycles. The number of nitrogens with zero attached hydrogens (tertiary/aromatic N) is 4. The van der Waals surface area contributed by atoms with Crippen LogP contribution in [0.25, 0.3) is 17.0 Å². The van der Waals surface area contributed by atoms with Gasteiger partial charge in [-0.25, -0.2) is 22.9 Å². The summed E-state index contributed by atoms with van der Waals surface area (Å²) in [6.45, 7) is -0.458. The molecule has 17 heteroatoms. The second-order valence-corrected chi connectivity index (χ2v) is 11.2. The van der Waals surface area contributed by atoms with Crippen molar-refractivity contribution >= 4 is 27.7 Å². The molecular weight excluding hydrogens is 546 g/mol. The van der Waals surface area contributed by atoms with Gasteiger partial charge in [0.05, 0.1) is 17.2 Å². The first-order valence-corrected chi connectivity index (χ1v) is 12.5. The Bertz CT molecular complexity index is 1550. The molecule has 0 saturated heterocycles. The van der Waals surface area contributed by atoms with Crippen LogP contribution in [-0.4, -0.2) is 52.1 Å². The van der Waals surface area contributed by atoms with Crippen molar-refractivity contribution in [2.45, 2.75) is 48.5 Å². The van der Waals surface area contributed by atoms with Crippen molar-refractivity contribution in [3.63, 3.8) is 0 Å². The molecule has 2 heterocycles. The molecule has 6 rings (SSSR count). The van der Waals surface area contributed by atoms with Crippen molar-refractivity contribution in [3.05, 3.63) is 36.3 Å². The maximum Gasteiger partial charge on any atom is 0.490 e. The molecule has 204 valence electrons. The van der Waals surface area contributed by atoms with Crippen molar-refractivity contribution in [1.82, 2.24) is 24.1 Å². The summed E-state index contributed by atoms with van der Waals surface area (Å²) in [7, 11) is -4.11. The lowest BCUT2D eigenvalue weighted by atomic mass is 9.66. The Morgan fingerprint density at radius 2 is 1.82 bits per heavy atom. The van der Waals surface area contributed by atoms with E-state index in [1.165, 1.54) is 30.5 Å². The predicted molar refractivity (Wildman–Crippen MR) is 117 cm³/mol. The van der Waals surface area contributed by atoms with Crippen molar-refractivity contribution in [1.29, 1.82) is 0 Å². The van der Waals surface area contributed by atoms with Crippen LogP contribution >= 0.6 is 0 Å². The largest absolute Gasteiger partial charge is 0.490 e. The van der Waals surface area contributed by atoms with Gasteiger partial charge in [-0.1, -0.05) is 12.1 Å². The third-order valence-electron chi connectivity index (χ3n) is 6.71. The molecule has 3 saturated carbocycles. The first kappa shape index (κ1) is 26.1. The molecule has 3 aromatic rings. The summed E-state index contributed by atoms with van der Waals surface area (Å²) in [5, 5.41) is 0.